The second-order valence-corrected chi connectivity index (χ2v) is 24.1. The minimum Gasteiger partial charge on any atom is -0.464 e. The van der Waals surface area contributed by atoms with Crippen LogP contribution in [-0.4, -0.2) is 198 Å². The van der Waals surface area contributed by atoms with Gasteiger partial charge in [0.05, 0.1) is 87.2 Å². The van der Waals surface area contributed by atoms with Crippen LogP contribution in [0.1, 0.15) is 103 Å². The van der Waals surface area contributed by atoms with Crippen molar-refractivity contribution in [2.24, 2.45) is 0 Å². The second kappa shape index (κ2) is 37.3. The van der Waals surface area contributed by atoms with Crippen LogP contribution < -0.4 is 20.4 Å². The number of nitrogens with zero attached hydrogens (tertiary/aromatic N) is 4. The van der Waals surface area contributed by atoms with Gasteiger partial charge in [0.2, 0.25) is 11.8 Å². The minimum absolute atomic E-state index is 0.00420. The Bertz CT molecular complexity index is 2750. The number of halogens is 6. The third-order valence-corrected chi connectivity index (χ3v) is 17.3. The maximum atomic E-state index is 15.3. The number of esters is 8. The molecule has 0 heterocycles. The van der Waals surface area contributed by atoms with E-state index >= 15 is 9.59 Å². The molecule has 0 spiro atoms. The number of hydrogen-bond acceptors (Lipinski definition) is 22. The fourth-order valence-electron chi connectivity index (χ4n) is 7.14. The van der Waals surface area contributed by atoms with Gasteiger partial charge in [-0.3, -0.25) is 67.1 Å². The zero-order valence-electron chi connectivity index (χ0n) is 47.4. The van der Waals surface area contributed by atoms with E-state index in [0.717, 1.165) is 51.3 Å². The molecule has 2 unspecified atom stereocenters. The predicted octanol–water partition coefficient (Wildman–Crippen LogP) is 3.92. The lowest BCUT2D eigenvalue weighted by Crippen LogP contribution is -2.43. The van der Waals surface area contributed by atoms with Crippen LogP contribution in [0.5, 0.6) is 0 Å². The fourth-order valence-corrected chi connectivity index (χ4v) is 16.5. The maximum Gasteiger partial charge on any atom is 0.303 e. The predicted molar refractivity (Wildman–Crippen MR) is 348 cm³/mol. The van der Waals surface area contributed by atoms with Crippen LogP contribution in [0, 0.1) is 21.4 Å². The molecule has 0 aliphatic rings. The van der Waals surface area contributed by atoms with Gasteiger partial charge in [-0.1, -0.05) is 0 Å². The molecule has 0 fully saturated rings. The number of carbonyl (C=O) groups is 14. The number of carbonyl (C=O) groups excluding carboxylic acids is 14. The maximum absolute atomic E-state index is 15.3. The Morgan fingerprint density at radius 1 is 0.376 bits per heavy atom. The first-order valence-electron chi connectivity index (χ1n) is 24.9. The van der Waals surface area contributed by atoms with Gasteiger partial charge in [0, 0.05) is 76.6 Å². The molecular weight excluding hydrogens is 1810 g/mol. The van der Waals surface area contributed by atoms with Crippen LogP contribution in [-0.2, 0) is 85.8 Å². The summed E-state index contributed by atoms with van der Waals surface area (Å²) < 4.78 is 41.4. The van der Waals surface area contributed by atoms with Crippen molar-refractivity contribution < 1.29 is 105 Å². The van der Waals surface area contributed by atoms with Crippen molar-refractivity contribution in [3.63, 3.8) is 0 Å². The Morgan fingerprint density at radius 3 is 0.918 bits per heavy atom. The second-order valence-electron chi connectivity index (χ2n) is 17.7. The lowest BCUT2D eigenvalue weighted by molar-refractivity contribution is -0.155. The SMILES string of the molecule is CC(=O)OCCN(C)C(=O)c1c(I)c(C(=O)NCC(COC(C)=O)OC(C)=O)c(I)c(N(CCOC(C)=O)C(=O)CC(=O)N(CCOC(C)=O)c2c(I)c(C(=O)NCC(COC(C)=O)OC(C)=O)c(I)c(C(=O)N(C)CCOC(C)=O)c2I)c1I. The Kier molecular flexibility index (Phi) is 33.6. The van der Waals surface area contributed by atoms with E-state index in [0.29, 0.717) is 0 Å². The van der Waals surface area contributed by atoms with E-state index in [1.165, 1.54) is 37.7 Å². The van der Waals surface area contributed by atoms with Crippen molar-refractivity contribution in [1.29, 1.82) is 0 Å². The number of ether oxygens (including phenoxy) is 8. The molecule has 2 aromatic rings. The van der Waals surface area contributed by atoms with Gasteiger partial charge < -0.3 is 68.1 Å². The van der Waals surface area contributed by atoms with Gasteiger partial charge in [-0.05, 0) is 136 Å². The molecule has 28 nitrogen and oxygen atoms in total. The molecule has 0 radical (unpaired) electrons. The van der Waals surface area contributed by atoms with Crippen molar-refractivity contribution >= 4 is 230 Å². The highest BCUT2D eigenvalue weighted by Gasteiger charge is 2.38. The number of rotatable bonds is 30. The number of likely N-dealkylation sites (N-methyl/N-ethyl adjacent to an activating group) is 2. The molecule has 0 aliphatic carbocycles. The van der Waals surface area contributed by atoms with Crippen LogP contribution in [0.15, 0.2) is 0 Å². The highest BCUT2D eigenvalue weighted by molar-refractivity contribution is 14.1. The summed E-state index contributed by atoms with van der Waals surface area (Å²) in [6.45, 7) is 4.34. The third kappa shape index (κ3) is 24.5. The van der Waals surface area contributed by atoms with Gasteiger partial charge in [-0.2, -0.15) is 0 Å². The Morgan fingerprint density at radius 2 is 0.647 bits per heavy atom. The summed E-state index contributed by atoms with van der Waals surface area (Å²) in [5.74, 6) is -11.1. The average molecular weight is 1870 g/mol. The largest absolute Gasteiger partial charge is 0.464 e. The zero-order valence-corrected chi connectivity index (χ0v) is 60.3. The molecule has 0 aliphatic heterocycles. The van der Waals surface area contributed by atoms with E-state index in [2.05, 4.69) is 10.6 Å². The first-order valence-corrected chi connectivity index (χ1v) is 31.3. The van der Waals surface area contributed by atoms with Crippen molar-refractivity contribution in [2.75, 3.05) is 103 Å². The molecule has 2 aromatic carbocycles. The lowest BCUT2D eigenvalue weighted by Gasteiger charge is -2.31. The van der Waals surface area contributed by atoms with Gasteiger partial charge in [-0.15, -0.1) is 0 Å². The van der Waals surface area contributed by atoms with Gasteiger partial charge in [0.25, 0.3) is 23.6 Å². The van der Waals surface area contributed by atoms with Crippen LogP contribution in [0.4, 0.5) is 11.4 Å². The molecule has 2 N–H and O–H groups in total. The fraction of sp³-hybridized carbons (Fsp3) is 0.490. The van der Waals surface area contributed by atoms with Crippen molar-refractivity contribution in [3.8, 4) is 0 Å². The average Bonchev–Trinajstić information content (AvgIpc) is 0.872. The van der Waals surface area contributed by atoms with Crippen LogP contribution in [0.3, 0.4) is 0 Å². The number of hydrogen-bond donors (Lipinski definition) is 2. The van der Waals surface area contributed by atoms with Gasteiger partial charge >= 0.3 is 47.8 Å². The van der Waals surface area contributed by atoms with Crippen LogP contribution in [0.2, 0.25) is 0 Å². The van der Waals surface area contributed by atoms with Gasteiger partial charge in [0.1, 0.15) is 46.1 Å². The van der Waals surface area contributed by atoms with E-state index in [4.69, 9.17) is 37.9 Å². The molecule has 34 heteroatoms. The summed E-state index contributed by atoms with van der Waals surface area (Å²) in [4.78, 5) is 188. The molecule has 468 valence electrons. The van der Waals surface area contributed by atoms with Crippen molar-refractivity contribution in [3.05, 3.63) is 43.7 Å². The number of amides is 6. The Labute approximate surface area is 570 Å². The summed E-state index contributed by atoms with van der Waals surface area (Å²) in [7, 11) is 2.77. The quantitative estimate of drug-likeness (QED) is 0.0484. The molecular formula is C51H60I6N6O22. The Hall–Kier alpha value is -4.60. The normalized spacial score (nSPS) is 11.3. The molecule has 85 heavy (non-hydrogen) atoms. The van der Waals surface area contributed by atoms with Crippen LogP contribution in [0.25, 0.3) is 0 Å². The number of nitrogens with one attached hydrogen (secondary N) is 2. The summed E-state index contributed by atoms with van der Waals surface area (Å²) in [6.07, 6.45) is -3.49. The number of anilines is 2. The van der Waals surface area contributed by atoms with E-state index in [9.17, 15) is 57.5 Å². The highest BCUT2D eigenvalue weighted by atomic mass is 127. The first kappa shape index (κ1) is 76.5. The molecule has 0 saturated carbocycles. The van der Waals surface area contributed by atoms with Gasteiger partial charge in [-0.25, -0.2) is 0 Å². The van der Waals surface area contributed by atoms with E-state index in [1.807, 2.05) is 0 Å². The lowest BCUT2D eigenvalue weighted by atomic mass is 10.0. The van der Waals surface area contributed by atoms with Crippen molar-refractivity contribution in [1.82, 2.24) is 20.4 Å². The van der Waals surface area contributed by atoms with Gasteiger partial charge in [0.15, 0.2) is 12.2 Å². The molecule has 0 aromatic heterocycles. The molecule has 0 bridgehead atoms. The summed E-state index contributed by atoms with van der Waals surface area (Å²) in [5.41, 5.74) is -1.01. The standard InChI is InChI=1S/C51H60I6N6O22/c1-24(64)78-15-11-60(9)50(76)38-40(52)36(48(74)58-20-32(84-30(7)70)22-82-28(5)68)42(54)46(44(38)56)62(13-17-80-26(3)66)34(72)19-35(73)63(14-18-81-27(4)67)47-43(55)37(49(75)59-21-33(85-31(8)71)23-83-29(6)69)41(53)39(45(47)57)51(77)61(10)12-16-79-25(2)65/h32-33H,11-23H2,1-10H3,(H,58,74)(H,59,75). The molecule has 6 amide bonds. The first-order chi connectivity index (χ1) is 39.6. The minimum atomic E-state index is -1.19. The third-order valence-electron chi connectivity index (χ3n) is 10.9. The van der Waals surface area contributed by atoms with Crippen LogP contribution >= 0.6 is 136 Å². The van der Waals surface area contributed by atoms with E-state index in [1.54, 1.807) is 136 Å². The summed E-state index contributed by atoms with van der Waals surface area (Å²) in [6, 6.07) is 0. The topological polar surface area (TPSA) is 350 Å². The smallest absolute Gasteiger partial charge is 0.303 e. The molecule has 2 rings (SSSR count). The zero-order chi connectivity index (χ0) is 64.7. The molecule has 2 atom stereocenters. The highest BCUT2D eigenvalue weighted by Crippen LogP contribution is 2.41. The molecule has 0 saturated heterocycles. The Balaban J connectivity index is 3.14. The van der Waals surface area contributed by atoms with Crippen molar-refractivity contribution in [2.45, 2.75) is 74.0 Å². The van der Waals surface area contributed by atoms with E-state index < -0.39 is 154 Å². The monoisotopic (exact) mass is 1870 g/mol. The summed E-state index contributed by atoms with van der Waals surface area (Å²) in [5, 5.41) is 5.25. The summed E-state index contributed by atoms with van der Waals surface area (Å²) >= 11 is 10.6. The van der Waals surface area contributed by atoms with E-state index in [-0.39, 0.29) is 81.4 Å². The number of benzene rings is 2.